The van der Waals surface area contributed by atoms with Gasteiger partial charge in [0.25, 0.3) is 0 Å². The average molecular weight is 576 g/mol. The largest absolute Gasteiger partial charge is 0.492 e. The van der Waals surface area contributed by atoms with Crippen LogP contribution in [0, 0.1) is 5.82 Å². The number of fused-ring (bicyclic) bond motifs is 2. The van der Waals surface area contributed by atoms with Gasteiger partial charge in [-0.1, -0.05) is 19.1 Å². The lowest BCUT2D eigenvalue weighted by Crippen LogP contribution is -2.25. The van der Waals surface area contributed by atoms with Gasteiger partial charge < -0.3 is 15.0 Å². The van der Waals surface area contributed by atoms with Crippen LogP contribution < -0.4 is 10.1 Å². The molecule has 8 nitrogen and oxygen atoms in total. The molecule has 0 atom stereocenters. The summed E-state index contributed by atoms with van der Waals surface area (Å²) >= 11 is 0. The molecule has 6 aromatic rings. The number of H-pyrrole nitrogens is 2. The summed E-state index contributed by atoms with van der Waals surface area (Å²) in [7, 11) is 0. The third-order valence-electron chi connectivity index (χ3n) is 8.05. The normalized spacial score (nSPS) is 13.8. The monoisotopic (exact) mass is 575 g/mol. The number of likely N-dealkylation sites (tertiary alicyclic amines) is 1. The molecule has 3 N–H and O–H groups in total. The van der Waals surface area contributed by atoms with Crippen molar-refractivity contribution in [3.8, 4) is 39.5 Å². The summed E-state index contributed by atoms with van der Waals surface area (Å²) in [6.07, 6.45) is 6.18. The van der Waals surface area contributed by atoms with Crippen LogP contribution in [-0.4, -0.2) is 62.8 Å². The second-order valence-electron chi connectivity index (χ2n) is 11.0. The predicted molar refractivity (Wildman–Crippen MR) is 168 cm³/mol. The van der Waals surface area contributed by atoms with Gasteiger partial charge in [0.1, 0.15) is 29.4 Å². The first kappa shape index (κ1) is 27.2. The molecule has 0 amide bonds. The highest BCUT2D eigenvalue weighted by atomic mass is 19.1. The van der Waals surface area contributed by atoms with E-state index in [2.05, 4.69) is 49.4 Å². The van der Waals surface area contributed by atoms with E-state index in [1.165, 1.54) is 18.9 Å². The third-order valence-corrected chi connectivity index (χ3v) is 8.05. The van der Waals surface area contributed by atoms with Crippen LogP contribution in [0.3, 0.4) is 0 Å². The standard InChI is InChI=1S/C34H34FN7O/c1-2-36-19-22-14-24(21-37-20-22)29-8-9-31-33(39-29)34(41-40-31)32-18-28-27(6-5-7-30(28)38-32)23-15-25(35)17-26(16-23)43-13-12-42-10-3-4-11-42/h5-9,14-18,20-21,36,38H,2-4,10-13,19H2,1H3,(H,40,41). The summed E-state index contributed by atoms with van der Waals surface area (Å²) in [6, 6.07) is 19.1. The lowest BCUT2D eigenvalue weighted by Gasteiger charge is -2.15. The van der Waals surface area contributed by atoms with E-state index in [9.17, 15) is 4.39 Å². The molecular formula is C34H34FN7O. The Morgan fingerprint density at radius 3 is 2.77 bits per heavy atom. The van der Waals surface area contributed by atoms with E-state index in [1.54, 1.807) is 6.07 Å². The van der Waals surface area contributed by atoms with E-state index < -0.39 is 0 Å². The van der Waals surface area contributed by atoms with E-state index in [-0.39, 0.29) is 5.82 Å². The Labute approximate surface area is 249 Å². The van der Waals surface area contributed by atoms with Crippen molar-refractivity contribution in [3.63, 3.8) is 0 Å². The van der Waals surface area contributed by atoms with Gasteiger partial charge in [0.15, 0.2) is 0 Å². The van der Waals surface area contributed by atoms with Crippen LogP contribution in [0.1, 0.15) is 25.3 Å². The molecule has 5 heterocycles. The summed E-state index contributed by atoms with van der Waals surface area (Å²) < 4.78 is 20.8. The third kappa shape index (κ3) is 5.74. The van der Waals surface area contributed by atoms with Crippen molar-refractivity contribution in [1.82, 2.24) is 35.4 Å². The molecule has 218 valence electrons. The van der Waals surface area contributed by atoms with Gasteiger partial charge in [0.2, 0.25) is 0 Å². The van der Waals surface area contributed by atoms with Gasteiger partial charge in [0.05, 0.1) is 16.9 Å². The minimum atomic E-state index is -0.319. The Bertz CT molecular complexity index is 1890. The number of nitrogens with zero attached hydrogens (tertiary/aromatic N) is 4. The van der Waals surface area contributed by atoms with Gasteiger partial charge in [-0.15, -0.1) is 0 Å². The first-order valence-electron chi connectivity index (χ1n) is 14.9. The molecule has 2 aromatic carbocycles. The quantitative estimate of drug-likeness (QED) is 0.171. The molecule has 1 aliphatic rings. The van der Waals surface area contributed by atoms with Crippen LogP contribution in [0.15, 0.2) is 73.1 Å². The maximum Gasteiger partial charge on any atom is 0.135 e. The molecule has 0 aliphatic carbocycles. The number of aromatic nitrogens is 5. The zero-order chi connectivity index (χ0) is 29.2. The van der Waals surface area contributed by atoms with Crippen molar-refractivity contribution in [2.24, 2.45) is 0 Å². The molecular weight excluding hydrogens is 541 g/mol. The summed E-state index contributed by atoms with van der Waals surface area (Å²) in [6.45, 7) is 7.35. The minimum absolute atomic E-state index is 0.319. The average Bonchev–Trinajstić information content (AvgIpc) is 3.79. The first-order valence-corrected chi connectivity index (χ1v) is 14.9. The van der Waals surface area contributed by atoms with E-state index in [4.69, 9.17) is 9.72 Å². The number of rotatable bonds is 10. The Morgan fingerprint density at radius 2 is 1.88 bits per heavy atom. The predicted octanol–water partition coefficient (Wildman–Crippen LogP) is 6.56. The molecule has 1 fully saturated rings. The van der Waals surface area contributed by atoms with Crippen LogP contribution in [0.4, 0.5) is 4.39 Å². The second-order valence-corrected chi connectivity index (χ2v) is 11.0. The summed E-state index contributed by atoms with van der Waals surface area (Å²) in [5.74, 6) is 0.224. The number of pyridine rings is 2. The minimum Gasteiger partial charge on any atom is -0.492 e. The van der Waals surface area contributed by atoms with Crippen molar-refractivity contribution in [2.75, 3.05) is 32.8 Å². The van der Waals surface area contributed by atoms with Crippen LogP contribution in [0.25, 0.3) is 55.7 Å². The molecule has 1 saturated heterocycles. The first-order chi connectivity index (χ1) is 21.1. The number of hydrogen-bond acceptors (Lipinski definition) is 6. The highest BCUT2D eigenvalue weighted by Gasteiger charge is 2.17. The number of halogens is 1. The molecule has 0 bridgehead atoms. The van der Waals surface area contributed by atoms with Gasteiger partial charge in [-0.05, 0) is 91.6 Å². The Morgan fingerprint density at radius 1 is 0.977 bits per heavy atom. The van der Waals surface area contributed by atoms with E-state index in [1.807, 2.05) is 48.8 Å². The molecule has 4 aromatic heterocycles. The number of nitrogens with one attached hydrogen (secondary N) is 3. The van der Waals surface area contributed by atoms with Gasteiger partial charge in [-0.2, -0.15) is 5.10 Å². The van der Waals surface area contributed by atoms with Gasteiger partial charge in [-0.25, -0.2) is 9.37 Å². The lowest BCUT2D eigenvalue weighted by molar-refractivity contribution is 0.237. The summed E-state index contributed by atoms with van der Waals surface area (Å²) in [4.78, 5) is 15.3. The van der Waals surface area contributed by atoms with Crippen LogP contribution in [0.5, 0.6) is 5.75 Å². The van der Waals surface area contributed by atoms with Crippen molar-refractivity contribution >= 4 is 21.9 Å². The molecule has 43 heavy (non-hydrogen) atoms. The van der Waals surface area contributed by atoms with Crippen LogP contribution in [0.2, 0.25) is 0 Å². The van der Waals surface area contributed by atoms with Crippen molar-refractivity contribution < 1.29 is 9.13 Å². The maximum atomic E-state index is 14.8. The Hall–Kier alpha value is -4.60. The van der Waals surface area contributed by atoms with E-state index in [0.29, 0.717) is 12.4 Å². The second kappa shape index (κ2) is 11.9. The van der Waals surface area contributed by atoms with Crippen molar-refractivity contribution in [1.29, 1.82) is 0 Å². The molecule has 7 rings (SSSR count). The van der Waals surface area contributed by atoms with Gasteiger partial charge in [0, 0.05) is 48.0 Å². The zero-order valence-electron chi connectivity index (χ0n) is 24.2. The number of benzene rings is 2. The number of hydrogen-bond donors (Lipinski definition) is 3. The SMILES string of the molecule is CCNCc1cncc(-c2ccc3[nH]nc(-c4cc5c(-c6cc(F)cc(OCCN7CCCC7)c6)cccc5[nH]4)c3n2)c1. The van der Waals surface area contributed by atoms with Crippen LogP contribution >= 0.6 is 0 Å². The maximum absolute atomic E-state index is 14.8. The smallest absolute Gasteiger partial charge is 0.135 e. The molecule has 1 aliphatic heterocycles. The van der Waals surface area contributed by atoms with E-state index in [0.717, 1.165) is 94.0 Å². The highest BCUT2D eigenvalue weighted by molar-refractivity contribution is 6.00. The summed E-state index contributed by atoms with van der Waals surface area (Å²) in [5.41, 5.74) is 8.66. The van der Waals surface area contributed by atoms with Crippen LogP contribution in [-0.2, 0) is 6.54 Å². The lowest BCUT2D eigenvalue weighted by atomic mass is 10.0. The Balaban J connectivity index is 1.20. The zero-order valence-corrected chi connectivity index (χ0v) is 24.2. The Kier molecular flexibility index (Phi) is 7.57. The molecule has 9 heteroatoms. The van der Waals surface area contributed by atoms with E-state index >= 15 is 0 Å². The van der Waals surface area contributed by atoms with Gasteiger partial charge in [-0.3, -0.25) is 15.0 Å². The molecule has 0 spiro atoms. The fraction of sp³-hybridized carbons (Fsp3) is 0.265. The fourth-order valence-electron chi connectivity index (χ4n) is 5.88. The summed E-state index contributed by atoms with van der Waals surface area (Å²) in [5, 5.41) is 12.1. The molecule has 0 radical (unpaired) electrons. The number of ether oxygens (including phenoxy) is 1. The number of aromatic amines is 2. The fourth-order valence-corrected chi connectivity index (χ4v) is 5.88. The molecule has 0 saturated carbocycles. The van der Waals surface area contributed by atoms with Gasteiger partial charge >= 0.3 is 0 Å². The topological polar surface area (TPSA) is 94.7 Å². The van der Waals surface area contributed by atoms with Crippen molar-refractivity contribution in [3.05, 3.63) is 84.4 Å². The van der Waals surface area contributed by atoms with Crippen molar-refractivity contribution in [2.45, 2.75) is 26.3 Å². The molecule has 0 unspecified atom stereocenters. The highest BCUT2D eigenvalue weighted by Crippen LogP contribution is 2.35.